The van der Waals surface area contributed by atoms with Gasteiger partial charge in [-0.1, -0.05) is 19.1 Å². The summed E-state index contributed by atoms with van der Waals surface area (Å²) in [5.41, 5.74) is 4.33. The summed E-state index contributed by atoms with van der Waals surface area (Å²) in [5, 5.41) is 7.27. The van der Waals surface area contributed by atoms with E-state index in [1.54, 1.807) is 0 Å². The van der Waals surface area contributed by atoms with Crippen LogP contribution in [-0.4, -0.2) is 38.2 Å². The smallest absolute Gasteiger partial charge is 0.0890 e. The highest BCUT2D eigenvalue weighted by molar-refractivity contribution is 5.73. The molecule has 0 radical (unpaired) electrons. The summed E-state index contributed by atoms with van der Waals surface area (Å²) in [6, 6.07) is 10.1. The quantitative estimate of drug-likeness (QED) is 0.808. The number of H-pyrrole nitrogens is 1. The van der Waals surface area contributed by atoms with E-state index in [9.17, 15) is 0 Å². The molecule has 1 aliphatic rings. The Morgan fingerprint density at radius 2 is 2.09 bits per heavy atom. The van der Waals surface area contributed by atoms with Gasteiger partial charge >= 0.3 is 0 Å². The topological polar surface area (TPSA) is 57.7 Å². The lowest BCUT2D eigenvalue weighted by Crippen LogP contribution is -2.44. The SMILES string of the molecule is CC1(c2ccn[nH]2)CCCN(Cc2cnc3ccccc3n2)C1. The average molecular weight is 307 g/mol. The third kappa shape index (κ3) is 2.84. The van der Waals surface area contributed by atoms with Crippen LogP contribution < -0.4 is 0 Å². The van der Waals surface area contributed by atoms with Crippen molar-refractivity contribution in [3.8, 4) is 0 Å². The van der Waals surface area contributed by atoms with E-state index >= 15 is 0 Å². The van der Waals surface area contributed by atoms with Crippen molar-refractivity contribution in [1.82, 2.24) is 25.1 Å². The van der Waals surface area contributed by atoms with Crippen LogP contribution in [-0.2, 0) is 12.0 Å². The van der Waals surface area contributed by atoms with Crippen molar-refractivity contribution in [2.45, 2.75) is 31.7 Å². The molecule has 4 rings (SSSR count). The van der Waals surface area contributed by atoms with E-state index in [0.717, 1.165) is 36.4 Å². The van der Waals surface area contributed by atoms with Crippen LogP contribution in [0.15, 0.2) is 42.7 Å². The minimum absolute atomic E-state index is 0.138. The first-order valence-corrected chi connectivity index (χ1v) is 8.16. The van der Waals surface area contributed by atoms with E-state index in [4.69, 9.17) is 4.98 Å². The lowest BCUT2D eigenvalue weighted by molar-refractivity contribution is 0.146. The number of likely N-dealkylation sites (tertiary alicyclic amines) is 1. The van der Waals surface area contributed by atoms with Gasteiger partial charge in [-0.25, -0.2) is 4.98 Å². The summed E-state index contributed by atoms with van der Waals surface area (Å²) < 4.78 is 0. The minimum atomic E-state index is 0.138. The van der Waals surface area contributed by atoms with Gasteiger partial charge in [0, 0.05) is 30.4 Å². The molecule has 0 spiro atoms. The molecule has 0 amide bonds. The molecule has 3 heterocycles. The Hall–Kier alpha value is -2.27. The molecule has 0 bridgehead atoms. The van der Waals surface area contributed by atoms with E-state index in [1.165, 1.54) is 18.5 Å². The summed E-state index contributed by atoms with van der Waals surface area (Å²) >= 11 is 0. The molecule has 5 heteroatoms. The lowest BCUT2D eigenvalue weighted by atomic mass is 9.79. The standard InChI is InChI=1S/C18H21N5/c1-18(17-7-9-20-22-17)8-4-10-23(13-18)12-14-11-19-15-5-2-3-6-16(15)21-14/h2-3,5-7,9,11H,4,8,10,12-13H2,1H3,(H,20,22). The molecule has 23 heavy (non-hydrogen) atoms. The number of piperidine rings is 1. The minimum Gasteiger partial charge on any atom is -0.297 e. The number of aromatic amines is 1. The Balaban J connectivity index is 1.53. The third-order valence-corrected chi connectivity index (χ3v) is 4.81. The first-order valence-electron chi connectivity index (χ1n) is 8.16. The predicted molar refractivity (Wildman–Crippen MR) is 90.0 cm³/mol. The van der Waals surface area contributed by atoms with Gasteiger partial charge in [0.15, 0.2) is 0 Å². The number of rotatable bonds is 3. The number of fused-ring (bicyclic) bond motifs is 1. The van der Waals surface area contributed by atoms with Gasteiger partial charge in [-0.05, 0) is 37.6 Å². The van der Waals surface area contributed by atoms with E-state index < -0.39 is 0 Å². The zero-order valence-electron chi connectivity index (χ0n) is 13.4. The van der Waals surface area contributed by atoms with Crippen LogP contribution in [0.25, 0.3) is 11.0 Å². The van der Waals surface area contributed by atoms with Gasteiger partial charge < -0.3 is 0 Å². The molecule has 1 saturated heterocycles. The van der Waals surface area contributed by atoms with Crippen LogP contribution in [0.4, 0.5) is 0 Å². The molecule has 0 aliphatic carbocycles. The van der Waals surface area contributed by atoms with Crippen LogP contribution in [0.3, 0.4) is 0 Å². The number of hydrogen-bond acceptors (Lipinski definition) is 4. The van der Waals surface area contributed by atoms with Crippen molar-refractivity contribution < 1.29 is 0 Å². The zero-order valence-corrected chi connectivity index (χ0v) is 13.4. The number of benzene rings is 1. The van der Waals surface area contributed by atoms with E-state index in [1.807, 2.05) is 36.7 Å². The number of hydrogen-bond donors (Lipinski definition) is 1. The molecule has 5 nitrogen and oxygen atoms in total. The van der Waals surface area contributed by atoms with Crippen molar-refractivity contribution in [3.05, 3.63) is 54.1 Å². The molecule has 118 valence electrons. The molecule has 1 unspecified atom stereocenters. The Morgan fingerprint density at radius 1 is 1.22 bits per heavy atom. The van der Waals surface area contributed by atoms with Crippen LogP contribution >= 0.6 is 0 Å². The Bertz CT molecular complexity index is 798. The maximum atomic E-state index is 4.76. The monoisotopic (exact) mass is 307 g/mol. The van der Waals surface area contributed by atoms with Gasteiger partial charge in [-0.15, -0.1) is 0 Å². The summed E-state index contributed by atoms with van der Waals surface area (Å²) in [6.45, 7) is 5.29. The molecule has 0 saturated carbocycles. The second kappa shape index (κ2) is 5.74. The van der Waals surface area contributed by atoms with Gasteiger partial charge in [0.05, 0.1) is 22.9 Å². The fraction of sp³-hybridized carbons (Fsp3) is 0.389. The number of nitrogens with one attached hydrogen (secondary N) is 1. The Morgan fingerprint density at radius 3 is 2.91 bits per heavy atom. The molecular formula is C18H21N5. The Kier molecular flexibility index (Phi) is 3.58. The number of nitrogens with zero attached hydrogens (tertiary/aromatic N) is 4. The molecular weight excluding hydrogens is 286 g/mol. The van der Waals surface area contributed by atoms with Gasteiger partial charge in [0.25, 0.3) is 0 Å². The van der Waals surface area contributed by atoms with E-state index in [2.05, 4.69) is 33.1 Å². The maximum Gasteiger partial charge on any atom is 0.0890 e. The van der Waals surface area contributed by atoms with Crippen molar-refractivity contribution in [2.75, 3.05) is 13.1 Å². The molecule has 1 N–H and O–H groups in total. The van der Waals surface area contributed by atoms with Crippen LogP contribution in [0.2, 0.25) is 0 Å². The van der Waals surface area contributed by atoms with Gasteiger partial charge in [0.2, 0.25) is 0 Å². The highest BCUT2D eigenvalue weighted by Gasteiger charge is 2.33. The fourth-order valence-electron chi connectivity index (χ4n) is 3.59. The van der Waals surface area contributed by atoms with Crippen LogP contribution in [0.1, 0.15) is 31.2 Å². The lowest BCUT2D eigenvalue weighted by Gasteiger charge is -2.39. The van der Waals surface area contributed by atoms with Crippen molar-refractivity contribution in [3.63, 3.8) is 0 Å². The zero-order chi connectivity index (χ0) is 15.7. The molecule has 1 aliphatic heterocycles. The Labute approximate surface area is 135 Å². The van der Waals surface area contributed by atoms with E-state index in [0.29, 0.717) is 0 Å². The third-order valence-electron chi connectivity index (χ3n) is 4.81. The summed E-state index contributed by atoms with van der Waals surface area (Å²) in [4.78, 5) is 11.8. The molecule has 1 atom stereocenters. The van der Waals surface area contributed by atoms with Crippen molar-refractivity contribution in [1.29, 1.82) is 0 Å². The highest BCUT2D eigenvalue weighted by atomic mass is 15.2. The second-order valence-electron chi connectivity index (χ2n) is 6.70. The van der Waals surface area contributed by atoms with Gasteiger partial charge in [-0.3, -0.25) is 15.0 Å². The largest absolute Gasteiger partial charge is 0.297 e. The fourth-order valence-corrected chi connectivity index (χ4v) is 3.59. The average Bonchev–Trinajstić information content (AvgIpc) is 3.10. The molecule has 1 aromatic carbocycles. The summed E-state index contributed by atoms with van der Waals surface area (Å²) in [5.74, 6) is 0. The highest BCUT2D eigenvalue weighted by Crippen LogP contribution is 2.32. The second-order valence-corrected chi connectivity index (χ2v) is 6.70. The van der Waals surface area contributed by atoms with Crippen LogP contribution in [0, 0.1) is 0 Å². The molecule has 3 aromatic rings. The van der Waals surface area contributed by atoms with Crippen molar-refractivity contribution >= 4 is 11.0 Å². The van der Waals surface area contributed by atoms with E-state index in [-0.39, 0.29) is 5.41 Å². The maximum absolute atomic E-state index is 4.76. The predicted octanol–water partition coefficient (Wildman–Crippen LogP) is 2.91. The van der Waals surface area contributed by atoms with Gasteiger partial charge in [-0.2, -0.15) is 5.10 Å². The first-order chi connectivity index (χ1) is 11.2. The summed E-state index contributed by atoms with van der Waals surface area (Å²) in [7, 11) is 0. The van der Waals surface area contributed by atoms with Gasteiger partial charge in [0.1, 0.15) is 0 Å². The number of aromatic nitrogens is 4. The summed E-state index contributed by atoms with van der Waals surface area (Å²) in [6.07, 6.45) is 6.13. The normalized spacial score (nSPS) is 22.5. The number of para-hydroxylation sites is 2. The van der Waals surface area contributed by atoms with Crippen molar-refractivity contribution in [2.24, 2.45) is 0 Å². The first kappa shape index (κ1) is 14.3. The van der Waals surface area contributed by atoms with Crippen LogP contribution in [0.5, 0.6) is 0 Å². The molecule has 1 fully saturated rings. The molecule has 2 aromatic heterocycles.